The van der Waals surface area contributed by atoms with Gasteiger partial charge in [-0.1, -0.05) is 30.3 Å². The van der Waals surface area contributed by atoms with Crippen LogP contribution >= 0.6 is 0 Å². The van der Waals surface area contributed by atoms with E-state index in [-0.39, 0.29) is 5.82 Å². The number of nitrogens with two attached hydrogens (primary N) is 1. The van der Waals surface area contributed by atoms with Crippen LogP contribution in [0.15, 0.2) is 72.9 Å². The predicted octanol–water partition coefficient (Wildman–Crippen LogP) is 3.95. The fourth-order valence-corrected chi connectivity index (χ4v) is 2.86. The lowest BCUT2D eigenvalue weighted by molar-refractivity contribution is 0.624. The van der Waals surface area contributed by atoms with Crippen LogP contribution in [0.4, 0.5) is 16.2 Å². The number of nitrogens with one attached hydrogen (secondary N) is 1. The van der Waals surface area contributed by atoms with Gasteiger partial charge in [0.2, 0.25) is 5.95 Å². The van der Waals surface area contributed by atoms with Crippen LogP contribution in [0.3, 0.4) is 0 Å². The molecule has 2 aromatic heterocycles. The first-order valence-electron chi connectivity index (χ1n) is 8.16. The molecule has 6 heteroatoms. The van der Waals surface area contributed by atoms with E-state index < -0.39 is 6.04 Å². The van der Waals surface area contributed by atoms with Crippen LogP contribution < -0.4 is 11.1 Å². The molecule has 128 valence electrons. The standard InChI is InChI=1S/C20H16FN5/c21-14-7-5-6-13(12-14)18(17-10-3-4-11-23-17)25-20-24-16-9-2-1-8-15(16)19(22)26-20/h1-12,18H,(H3,22,24,25,26). The van der Waals surface area contributed by atoms with Gasteiger partial charge in [0.25, 0.3) is 0 Å². The van der Waals surface area contributed by atoms with Crippen molar-refractivity contribution in [3.63, 3.8) is 0 Å². The molecule has 2 aromatic carbocycles. The topological polar surface area (TPSA) is 76.7 Å². The molecular formula is C20H16FN5. The molecule has 0 bridgehead atoms. The Hall–Kier alpha value is -3.54. The van der Waals surface area contributed by atoms with E-state index in [1.54, 1.807) is 12.3 Å². The molecule has 26 heavy (non-hydrogen) atoms. The Bertz CT molecular complexity index is 1050. The van der Waals surface area contributed by atoms with E-state index in [9.17, 15) is 4.39 Å². The van der Waals surface area contributed by atoms with Crippen LogP contribution in [-0.2, 0) is 0 Å². The molecule has 0 amide bonds. The van der Waals surface area contributed by atoms with E-state index in [2.05, 4.69) is 20.3 Å². The van der Waals surface area contributed by atoms with Crippen molar-refractivity contribution in [1.82, 2.24) is 15.0 Å². The Morgan fingerprint density at radius 2 is 1.77 bits per heavy atom. The Balaban J connectivity index is 1.78. The molecule has 2 heterocycles. The van der Waals surface area contributed by atoms with E-state index in [0.717, 1.165) is 22.2 Å². The van der Waals surface area contributed by atoms with E-state index in [0.29, 0.717) is 11.8 Å². The lowest BCUT2D eigenvalue weighted by Crippen LogP contribution is -2.16. The van der Waals surface area contributed by atoms with Gasteiger partial charge in [0.1, 0.15) is 11.6 Å². The monoisotopic (exact) mass is 345 g/mol. The maximum Gasteiger partial charge on any atom is 0.226 e. The maximum atomic E-state index is 13.8. The highest BCUT2D eigenvalue weighted by molar-refractivity contribution is 5.88. The van der Waals surface area contributed by atoms with Crippen LogP contribution in [0.1, 0.15) is 17.3 Å². The first-order chi connectivity index (χ1) is 12.7. The Kier molecular flexibility index (Phi) is 4.15. The number of aromatic nitrogens is 3. The zero-order chi connectivity index (χ0) is 17.9. The lowest BCUT2D eigenvalue weighted by Gasteiger charge is -2.19. The summed E-state index contributed by atoms with van der Waals surface area (Å²) in [6.45, 7) is 0. The van der Waals surface area contributed by atoms with Gasteiger partial charge in [-0.2, -0.15) is 4.98 Å². The van der Waals surface area contributed by atoms with Gasteiger partial charge in [-0.15, -0.1) is 0 Å². The fourth-order valence-electron chi connectivity index (χ4n) is 2.86. The summed E-state index contributed by atoms with van der Waals surface area (Å²) < 4.78 is 13.8. The summed E-state index contributed by atoms with van der Waals surface area (Å²) in [5.74, 6) is 0.433. The number of anilines is 2. The summed E-state index contributed by atoms with van der Waals surface area (Å²) in [6.07, 6.45) is 1.69. The molecule has 1 atom stereocenters. The SMILES string of the molecule is Nc1nc(NC(c2cccc(F)c2)c2ccccn2)nc2ccccc12. The predicted molar refractivity (Wildman–Crippen MR) is 100 cm³/mol. The smallest absolute Gasteiger partial charge is 0.226 e. The van der Waals surface area contributed by atoms with Crippen molar-refractivity contribution in [2.24, 2.45) is 0 Å². The molecule has 4 rings (SSSR count). The highest BCUT2D eigenvalue weighted by Gasteiger charge is 2.18. The molecule has 5 nitrogen and oxygen atoms in total. The summed E-state index contributed by atoms with van der Waals surface area (Å²) in [5.41, 5.74) is 8.26. The number of pyridine rings is 1. The van der Waals surface area contributed by atoms with Crippen LogP contribution in [0.25, 0.3) is 10.9 Å². The summed E-state index contributed by atoms with van der Waals surface area (Å²) in [4.78, 5) is 13.3. The minimum atomic E-state index is -0.410. The molecular weight excluding hydrogens is 329 g/mol. The molecule has 0 saturated heterocycles. The van der Waals surface area contributed by atoms with Crippen LogP contribution in [0, 0.1) is 5.82 Å². The van der Waals surface area contributed by atoms with Crippen molar-refractivity contribution in [1.29, 1.82) is 0 Å². The molecule has 0 saturated carbocycles. The number of para-hydroxylation sites is 1. The number of hydrogen-bond acceptors (Lipinski definition) is 5. The number of benzene rings is 2. The number of nitrogen functional groups attached to an aromatic ring is 1. The average Bonchev–Trinajstić information content (AvgIpc) is 2.67. The molecule has 0 spiro atoms. The number of hydrogen-bond donors (Lipinski definition) is 2. The maximum absolute atomic E-state index is 13.8. The van der Waals surface area contributed by atoms with E-state index >= 15 is 0 Å². The Morgan fingerprint density at radius 1 is 0.923 bits per heavy atom. The first-order valence-corrected chi connectivity index (χ1v) is 8.16. The van der Waals surface area contributed by atoms with Gasteiger partial charge in [-0.3, -0.25) is 4.98 Å². The number of fused-ring (bicyclic) bond motifs is 1. The number of rotatable bonds is 4. The van der Waals surface area contributed by atoms with Gasteiger partial charge in [-0.05, 0) is 42.0 Å². The van der Waals surface area contributed by atoms with E-state index in [4.69, 9.17) is 5.73 Å². The highest BCUT2D eigenvalue weighted by Crippen LogP contribution is 2.26. The fraction of sp³-hybridized carbons (Fsp3) is 0.0500. The van der Waals surface area contributed by atoms with Gasteiger partial charge < -0.3 is 11.1 Å². The zero-order valence-electron chi connectivity index (χ0n) is 13.8. The summed E-state index contributed by atoms with van der Waals surface area (Å²) in [6, 6.07) is 19.1. The summed E-state index contributed by atoms with van der Waals surface area (Å²) in [7, 11) is 0. The van der Waals surface area contributed by atoms with Gasteiger partial charge in [0, 0.05) is 11.6 Å². The van der Waals surface area contributed by atoms with Gasteiger partial charge in [-0.25, -0.2) is 9.37 Å². The number of halogens is 1. The molecule has 1 unspecified atom stereocenters. The van der Waals surface area contributed by atoms with E-state index in [1.165, 1.54) is 12.1 Å². The van der Waals surface area contributed by atoms with Gasteiger partial charge in [0.05, 0.1) is 17.3 Å². The Morgan fingerprint density at radius 3 is 2.58 bits per heavy atom. The molecule has 4 aromatic rings. The molecule has 0 aliphatic heterocycles. The third-order valence-electron chi connectivity index (χ3n) is 4.07. The second-order valence-corrected chi connectivity index (χ2v) is 5.84. The van der Waals surface area contributed by atoms with Crippen molar-refractivity contribution in [3.05, 3.63) is 90.0 Å². The molecule has 0 fully saturated rings. The Labute approximate surface area is 149 Å². The summed E-state index contributed by atoms with van der Waals surface area (Å²) >= 11 is 0. The number of nitrogens with zero attached hydrogens (tertiary/aromatic N) is 3. The second kappa shape index (κ2) is 6.76. The van der Waals surface area contributed by atoms with Crippen molar-refractivity contribution < 1.29 is 4.39 Å². The van der Waals surface area contributed by atoms with Crippen molar-refractivity contribution >= 4 is 22.7 Å². The van der Waals surface area contributed by atoms with Crippen molar-refractivity contribution in [3.8, 4) is 0 Å². The molecule has 0 aliphatic rings. The first kappa shape index (κ1) is 16.0. The van der Waals surface area contributed by atoms with Gasteiger partial charge >= 0.3 is 0 Å². The largest absolute Gasteiger partial charge is 0.383 e. The minimum absolute atomic E-state index is 0.316. The minimum Gasteiger partial charge on any atom is -0.383 e. The third kappa shape index (κ3) is 3.17. The van der Waals surface area contributed by atoms with Crippen LogP contribution in [0.5, 0.6) is 0 Å². The highest BCUT2D eigenvalue weighted by atomic mass is 19.1. The van der Waals surface area contributed by atoms with Crippen molar-refractivity contribution in [2.45, 2.75) is 6.04 Å². The third-order valence-corrected chi connectivity index (χ3v) is 4.07. The summed E-state index contributed by atoms with van der Waals surface area (Å²) in [5, 5.41) is 4.03. The van der Waals surface area contributed by atoms with Crippen molar-refractivity contribution in [2.75, 3.05) is 11.1 Å². The average molecular weight is 345 g/mol. The zero-order valence-corrected chi connectivity index (χ0v) is 13.8. The van der Waals surface area contributed by atoms with E-state index in [1.807, 2.05) is 48.5 Å². The molecule has 0 radical (unpaired) electrons. The van der Waals surface area contributed by atoms with Crippen LogP contribution in [-0.4, -0.2) is 15.0 Å². The quantitative estimate of drug-likeness (QED) is 0.586. The normalized spacial score (nSPS) is 12.0. The molecule has 0 aliphatic carbocycles. The molecule has 3 N–H and O–H groups in total. The lowest BCUT2D eigenvalue weighted by atomic mass is 10.0. The second-order valence-electron chi connectivity index (χ2n) is 5.84. The van der Waals surface area contributed by atoms with Gasteiger partial charge in [0.15, 0.2) is 0 Å². The van der Waals surface area contributed by atoms with Crippen LogP contribution in [0.2, 0.25) is 0 Å².